The molecule has 3 atom stereocenters. The summed E-state index contributed by atoms with van der Waals surface area (Å²) in [6.07, 6.45) is 3.69. The van der Waals surface area contributed by atoms with Crippen LogP contribution in [0.1, 0.15) is 55.5 Å². The van der Waals surface area contributed by atoms with Crippen LogP contribution in [0.5, 0.6) is 0 Å². The molecule has 1 heterocycles. The first kappa shape index (κ1) is 36.2. The summed E-state index contributed by atoms with van der Waals surface area (Å²) in [5.74, 6) is -1.47. The third-order valence-electron chi connectivity index (χ3n) is 8.98. The number of amides is 3. The number of fused-ring (bicyclic) bond motifs is 1. The lowest BCUT2D eigenvalue weighted by molar-refractivity contribution is -0.199. The molecule has 0 radical (unpaired) electrons. The summed E-state index contributed by atoms with van der Waals surface area (Å²) in [6, 6.07) is 26.5. The van der Waals surface area contributed by atoms with E-state index in [0.29, 0.717) is 23.5 Å². The van der Waals surface area contributed by atoms with E-state index in [9.17, 15) is 24.7 Å². The van der Waals surface area contributed by atoms with E-state index in [2.05, 4.69) is 15.7 Å². The number of carbonyl (C=O) groups excluding carboxylic acids is 3. The van der Waals surface area contributed by atoms with E-state index in [1.807, 2.05) is 66.7 Å². The molecule has 11 heteroatoms. The minimum absolute atomic E-state index is 0.0829. The Kier molecular flexibility index (Phi) is 11.3. The Morgan fingerprint density at radius 1 is 0.900 bits per heavy atom. The van der Waals surface area contributed by atoms with Gasteiger partial charge in [-0.1, -0.05) is 99.6 Å². The second-order valence-electron chi connectivity index (χ2n) is 13.8. The van der Waals surface area contributed by atoms with Crippen molar-refractivity contribution in [1.29, 1.82) is 0 Å². The molecular weight excluding hydrogens is 634 g/mol. The quantitative estimate of drug-likeness (QED) is 0.118. The van der Waals surface area contributed by atoms with Gasteiger partial charge in [0.25, 0.3) is 11.8 Å². The van der Waals surface area contributed by atoms with Gasteiger partial charge in [-0.2, -0.15) is 0 Å². The predicted octanol–water partition coefficient (Wildman–Crippen LogP) is 5.23. The molecule has 0 fully saturated rings. The van der Waals surface area contributed by atoms with Gasteiger partial charge in [0.15, 0.2) is 5.60 Å². The van der Waals surface area contributed by atoms with Gasteiger partial charge in [0.05, 0.1) is 19.7 Å². The Morgan fingerprint density at radius 3 is 2.20 bits per heavy atom. The first-order chi connectivity index (χ1) is 23.9. The molecule has 50 heavy (non-hydrogen) atoms. The van der Waals surface area contributed by atoms with Crippen LogP contribution in [0.2, 0.25) is 0 Å². The monoisotopic (exact) mass is 679 g/mol. The SMILES string of the molecule is COC(=O)N[C@H](C(=O)NN(Cc1ccc(-c2ccncc2)cc1)C[C@@](O)(Cc1ccccc1)C(=O)N(O)C1CCc2ccccc21)C(C)(C)C. The van der Waals surface area contributed by atoms with Crippen molar-refractivity contribution in [2.24, 2.45) is 5.41 Å². The van der Waals surface area contributed by atoms with Gasteiger partial charge in [-0.25, -0.2) is 14.9 Å². The van der Waals surface area contributed by atoms with E-state index in [4.69, 9.17) is 4.74 Å². The van der Waals surface area contributed by atoms with Crippen molar-refractivity contribution in [1.82, 2.24) is 25.8 Å². The third-order valence-corrected chi connectivity index (χ3v) is 8.98. The van der Waals surface area contributed by atoms with Crippen molar-refractivity contribution in [3.05, 3.63) is 126 Å². The summed E-state index contributed by atoms with van der Waals surface area (Å²) < 4.78 is 4.79. The lowest BCUT2D eigenvalue weighted by atomic mass is 9.86. The van der Waals surface area contributed by atoms with E-state index in [0.717, 1.165) is 27.8 Å². The van der Waals surface area contributed by atoms with Crippen LogP contribution in [-0.2, 0) is 33.7 Å². The summed E-state index contributed by atoms with van der Waals surface area (Å²) in [5, 5.41) is 28.6. The number of nitrogens with one attached hydrogen (secondary N) is 2. The van der Waals surface area contributed by atoms with E-state index in [-0.39, 0.29) is 19.5 Å². The lowest BCUT2D eigenvalue weighted by Crippen LogP contribution is -2.62. The molecule has 3 aromatic carbocycles. The second kappa shape index (κ2) is 15.6. The Labute approximate surface area is 292 Å². The zero-order chi connectivity index (χ0) is 35.9. The first-order valence-electron chi connectivity index (χ1n) is 16.6. The summed E-state index contributed by atoms with van der Waals surface area (Å²) in [4.78, 5) is 44.6. The number of aryl methyl sites for hydroxylation is 1. The van der Waals surface area contributed by atoms with Crippen LogP contribution in [0.3, 0.4) is 0 Å². The van der Waals surface area contributed by atoms with Crippen LogP contribution < -0.4 is 10.7 Å². The molecule has 0 aliphatic heterocycles. The van der Waals surface area contributed by atoms with Gasteiger partial charge in [0, 0.05) is 25.4 Å². The number of hydrogen-bond acceptors (Lipinski definition) is 8. The number of methoxy groups -OCH3 is 1. The van der Waals surface area contributed by atoms with Crippen molar-refractivity contribution < 1.29 is 29.4 Å². The fourth-order valence-corrected chi connectivity index (χ4v) is 6.37. The average molecular weight is 680 g/mol. The largest absolute Gasteiger partial charge is 0.453 e. The van der Waals surface area contributed by atoms with Crippen LogP contribution in [-0.4, -0.2) is 68.6 Å². The highest BCUT2D eigenvalue weighted by Gasteiger charge is 2.45. The highest BCUT2D eigenvalue weighted by Crippen LogP contribution is 2.36. The van der Waals surface area contributed by atoms with Gasteiger partial charge in [0.2, 0.25) is 0 Å². The van der Waals surface area contributed by atoms with Gasteiger partial charge in [-0.05, 0) is 63.8 Å². The van der Waals surface area contributed by atoms with Gasteiger partial charge in [-0.3, -0.25) is 25.2 Å². The van der Waals surface area contributed by atoms with Gasteiger partial charge >= 0.3 is 6.09 Å². The molecule has 0 saturated heterocycles. The number of aromatic nitrogens is 1. The summed E-state index contributed by atoms with van der Waals surface area (Å²) in [5.41, 5.74) is 5.19. The molecule has 1 unspecified atom stereocenters. The zero-order valence-corrected chi connectivity index (χ0v) is 28.9. The predicted molar refractivity (Wildman–Crippen MR) is 188 cm³/mol. The number of nitrogens with zero attached hydrogens (tertiary/aromatic N) is 3. The molecule has 0 bridgehead atoms. The number of ether oxygens (including phenoxy) is 1. The zero-order valence-electron chi connectivity index (χ0n) is 28.9. The molecule has 0 saturated carbocycles. The molecule has 5 rings (SSSR count). The summed E-state index contributed by atoms with van der Waals surface area (Å²) in [7, 11) is 1.22. The minimum Gasteiger partial charge on any atom is -0.453 e. The molecule has 1 aromatic heterocycles. The highest BCUT2D eigenvalue weighted by atomic mass is 16.5. The number of alkyl carbamates (subject to hydrolysis) is 1. The smallest absolute Gasteiger partial charge is 0.407 e. The average Bonchev–Trinajstić information content (AvgIpc) is 3.54. The molecule has 1 aliphatic carbocycles. The van der Waals surface area contributed by atoms with Crippen molar-refractivity contribution in [3.63, 3.8) is 0 Å². The summed E-state index contributed by atoms with van der Waals surface area (Å²) >= 11 is 0. The maximum absolute atomic E-state index is 14.3. The Bertz CT molecular complexity index is 1760. The molecule has 3 amide bonds. The van der Waals surface area contributed by atoms with E-state index >= 15 is 0 Å². The third kappa shape index (κ3) is 8.73. The molecule has 4 N–H and O–H groups in total. The lowest BCUT2D eigenvalue weighted by Gasteiger charge is -2.38. The fraction of sp³-hybridized carbons (Fsp3) is 0.333. The van der Waals surface area contributed by atoms with Crippen molar-refractivity contribution in [2.45, 2.75) is 64.3 Å². The van der Waals surface area contributed by atoms with E-state index in [1.165, 1.54) is 12.1 Å². The van der Waals surface area contributed by atoms with E-state index < -0.39 is 41.0 Å². The fourth-order valence-electron chi connectivity index (χ4n) is 6.37. The van der Waals surface area contributed by atoms with Crippen LogP contribution in [0.15, 0.2) is 103 Å². The van der Waals surface area contributed by atoms with Gasteiger partial charge in [-0.15, -0.1) is 0 Å². The number of hydrazine groups is 1. The molecule has 4 aromatic rings. The molecule has 0 spiro atoms. The topological polar surface area (TPSA) is 144 Å². The highest BCUT2D eigenvalue weighted by molar-refractivity contribution is 5.87. The molecule has 262 valence electrons. The number of aliphatic hydroxyl groups is 1. The van der Waals surface area contributed by atoms with Crippen LogP contribution >= 0.6 is 0 Å². The summed E-state index contributed by atoms with van der Waals surface area (Å²) in [6.45, 7) is 5.09. The molecule has 1 aliphatic rings. The maximum atomic E-state index is 14.3. The Morgan fingerprint density at radius 2 is 1.54 bits per heavy atom. The minimum atomic E-state index is -2.19. The second-order valence-corrected chi connectivity index (χ2v) is 13.8. The molecule has 11 nitrogen and oxygen atoms in total. The van der Waals surface area contributed by atoms with Crippen LogP contribution in [0.25, 0.3) is 11.1 Å². The number of carbonyl (C=O) groups is 3. The Balaban J connectivity index is 1.49. The van der Waals surface area contributed by atoms with Gasteiger partial charge in [0.1, 0.15) is 6.04 Å². The van der Waals surface area contributed by atoms with E-state index in [1.54, 1.807) is 57.4 Å². The normalized spacial score (nSPS) is 15.8. The standard InChI is InChI=1S/C39H45N5O6/c1-38(2,3)34(41-37(47)50-4)35(45)42-43(25-28-14-16-29(17-15-28)30-20-22-40-23-21-30)26-39(48,24-27-10-6-5-7-11-27)36(46)44(49)33-19-18-31-12-8-9-13-32(31)33/h5-17,20-23,33-34,48-49H,18-19,24-26H2,1-4H3,(H,41,47)(H,42,45)/t33?,34-,39+/m1/s1. The molecular formula is C39H45N5O6. The number of benzene rings is 3. The van der Waals surface area contributed by atoms with Crippen molar-refractivity contribution >= 4 is 17.9 Å². The first-order valence-corrected chi connectivity index (χ1v) is 16.6. The van der Waals surface area contributed by atoms with Gasteiger partial charge < -0.3 is 15.2 Å². The number of rotatable bonds is 12. The maximum Gasteiger partial charge on any atom is 0.407 e. The number of hydrogen-bond donors (Lipinski definition) is 4. The van der Waals surface area contributed by atoms with Crippen LogP contribution in [0.4, 0.5) is 4.79 Å². The van der Waals surface area contributed by atoms with Crippen molar-refractivity contribution in [2.75, 3.05) is 13.7 Å². The Hall–Kier alpha value is -5.10. The van der Waals surface area contributed by atoms with Crippen LogP contribution in [0, 0.1) is 5.41 Å². The van der Waals surface area contributed by atoms with Crippen molar-refractivity contribution in [3.8, 4) is 11.1 Å². The number of pyridine rings is 1. The number of hydroxylamine groups is 2.